The molecule has 1 aliphatic rings. The van der Waals surface area contributed by atoms with Gasteiger partial charge in [-0.3, -0.25) is 14.6 Å². The van der Waals surface area contributed by atoms with E-state index in [1.807, 2.05) is 43.3 Å². The van der Waals surface area contributed by atoms with Crippen LogP contribution >= 0.6 is 22.9 Å². The lowest BCUT2D eigenvalue weighted by Gasteiger charge is -2.29. The van der Waals surface area contributed by atoms with E-state index in [4.69, 9.17) is 21.3 Å². The van der Waals surface area contributed by atoms with E-state index in [-0.39, 0.29) is 5.91 Å². The van der Waals surface area contributed by atoms with E-state index < -0.39 is 0 Å². The summed E-state index contributed by atoms with van der Waals surface area (Å²) in [5, 5.41) is 2.26. The fourth-order valence-electron chi connectivity index (χ4n) is 3.95. The molecule has 1 saturated heterocycles. The zero-order chi connectivity index (χ0) is 21.4. The zero-order valence-electron chi connectivity index (χ0n) is 17.2. The molecular weight excluding hydrogens is 432 g/mol. The number of nitrogens with zero attached hydrogens (tertiary/aromatic N) is 3. The molecule has 31 heavy (non-hydrogen) atoms. The van der Waals surface area contributed by atoms with E-state index in [1.54, 1.807) is 11.1 Å². The minimum absolute atomic E-state index is 0.0569. The minimum Gasteiger partial charge on any atom is -0.379 e. The van der Waals surface area contributed by atoms with Crippen molar-refractivity contribution < 1.29 is 9.53 Å². The number of rotatable bonds is 5. The molecule has 0 aliphatic carbocycles. The van der Waals surface area contributed by atoms with Crippen LogP contribution in [0, 0.1) is 6.92 Å². The normalized spacial score (nSPS) is 15.0. The lowest BCUT2D eigenvalue weighted by molar-refractivity contribution is 0.0391. The number of halogens is 1. The molecular formula is C23H23ClN4O2S. The van der Waals surface area contributed by atoms with Gasteiger partial charge in [0.25, 0.3) is 5.91 Å². The Kier molecular flexibility index (Phi) is 5.67. The van der Waals surface area contributed by atoms with Gasteiger partial charge in [0.05, 0.1) is 34.0 Å². The van der Waals surface area contributed by atoms with Crippen molar-refractivity contribution in [2.45, 2.75) is 6.92 Å². The van der Waals surface area contributed by atoms with Gasteiger partial charge in [0, 0.05) is 43.3 Å². The van der Waals surface area contributed by atoms with Crippen molar-refractivity contribution in [2.75, 3.05) is 44.3 Å². The van der Waals surface area contributed by atoms with Crippen LogP contribution in [0.3, 0.4) is 0 Å². The molecule has 0 saturated carbocycles. The van der Waals surface area contributed by atoms with Crippen LogP contribution in [0.2, 0.25) is 5.02 Å². The van der Waals surface area contributed by atoms with Gasteiger partial charge in [-0.2, -0.15) is 0 Å². The van der Waals surface area contributed by atoms with Crippen molar-refractivity contribution in [3.8, 4) is 0 Å². The lowest BCUT2D eigenvalue weighted by Crippen LogP contribution is -2.43. The fourth-order valence-corrected chi connectivity index (χ4v) is 5.29. The highest BCUT2D eigenvalue weighted by Gasteiger charge is 2.25. The van der Waals surface area contributed by atoms with E-state index in [9.17, 15) is 4.79 Å². The van der Waals surface area contributed by atoms with E-state index in [0.717, 1.165) is 59.5 Å². The number of H-pyrrole nitrogens is 1. The Morgan fingerprint density at radius 3 is 2.87 bits per heavy atom. The van der Waals surface area contributed by atoms with E-state index >= 15 is 0 Å². The summed E-state index contributed by atoms with van der Waals surface area (Å²) >= 11 is 7.92. The summed E-state index contributed by atoms with van der Waals surface area (Å²) < 4.78 is 6.38. The Morgan fingerprint density at radius 2 is 2.06 bits per heavy atom. The van der Waals surface area contributed by atoms with Gasteiger partial charge in [0.1, 0.15) is 0 Å². The van der Waals surface area contributed by atoms with Gasteiger partial charge in [-0.05, 0) is 24.6 Å². The second-order valence-corrected chi connectivity index (χ2v) is 9.08. The molecule has 0 radical (unpaired) electrons. The molecule has 3 heterocycles. The standard InChI is InChI=1S/C23H23ClN4O2S/c1-15-6-7-18(24)21-20(15)26-23(31-21)28(9-8-27-10-12-30-13-11-27)22(29)17-14-25-19-5-3-2-4-16(17)19/h2-7,14,25H,8-13H2,1H3. The number of anilines is 1. The van der Waals surface area contributed by atoms with Gasteiger partial charge in [-0.25, -0.2) is 4.98 Å². The van der Waals surface area contributed by atoms with Crippen LogP contribution in [-0.4, -0.2) is 60.2 Å². The largest absolute Gasteiger partial charge is 0.379 e. The second-order valence-electron chi connectivity index (χ2n) is 7.70. The first-order chi connectivity index (χ1) is 15.1. The Balaban J connectivity index is 1.53. The van der Waals surface area contributed by atoms with Crippen molar-refractivity contribution in [1.29, 1.82) is 0 Å². The SMILES string of the molecule is Cc1ccc(Cl)c2sc(N(CCN3CCOCC3)C(=O)c3c[nH]c4ccccc34)nc12. The van der Waals surface area contributed by atoms with Gasteiger partial charge in [-0.1, -0.05) is 47.2 Å². The number of carbonyl (C=O) groups is 1. The Morgan fingerprint density at radius 1 is 1.26 bits per heavy atom. The van der Waals surface area contributed by atoms with Gasteiger partial charge in [0.2, 0.25) is 0 Å². The van der Waals surface area contributed by atoms with Crippen molar-refractivity contribution in [3.63, 3.8) is 0 Å². The molecule has 1 fully saturated rings. The van der Waals surface area contributed by atoms with Crippen LogP contribution in [0.5, 0.6) is 0 Å². The molecule has 6 nitrogen and oxygen atoms in total. The van der Waals surface area contributed by atoms with Crippen LogP contribution in [0.4, 0.5) is 5.13 Å². The predicted molar refractivity (Wildman–Crippen MR) is 127 cm³/mol. The zero-order valence-corrected chi connectivity index (χ0v) is 18.8. The van der Waals surface area contributed by atoms with Crippen LogP contribution in [0.25, 0.3) is 21.1 Å². The molecule has 2 aromatic carbocycles. The molecule has 0 bridgehead atoms. The van der Waals surface area contributed by atoms with Crippen LogP contribution in [-0.2, 0) is 4.74 Å². The number of hydrogen-bond acceptors (Lipinski definition) is 5. The average Bonchev–Trinajstić information content (AvgIpc) is 3.43. The number of ether oxygens (including phenoxy) is 1. The highest BCUT2D eigenvalue weighted by molar-refractivity contribution is 7.23. The summed E-state index contributed by atoms with van der Waals surface area (Å²) in [4.78, 5) is 25.9. The number of benzene rings is 2. The molecule has 2 aromatic heterocycles. The highest BCUT2D eigenvalue weighted by atomic mass is 35.5. The molecule has 5 rings (SSSR count). The summed E-state index contributed by atoms with van der Waals surface area (Å²) in [7, 11) is 0. The quantitative estimate of drug-likeness (QED) is 0.474. The highest BCUT2D eigenvalue weighted by Crippen LogP contribution is 2.36. The Bertz CT molecular complexity index is 1210. The number of para-hydroxylation sites is 1. The molecule has 1 aliphatic heterocycles. The molecule has 8 heteroatoms. The summed E-state index contributed by atoms with van der Waals surface area (Å²) in [5.74, 6) is -0.0569. The molecule has 1 amide bonds. The maximum atomic E-state index is 13.7. The monoisotopic (exact) mass is 454 g/mol. The third-order valence-electron chi connectivity index (χ3n) is 5.73. The third kappa shape index (κ3) is 3.94. The Hall–Kier alpha value is -2.45. The summed E-state index contributed by atoms with van der Waals surface area (Å²) in [6.07, 6.45) is 1.79. The molecule has 4 aromatic rings. The topological polar surface area (TPSA) is 61.5 Å². The maximum Gasteiger partial charge on any atom is 0.262 e. The molecule has 0 atom stereocenters. The molecule has 0 unspecified atom stereocenters. The number of carbonyl (C=O) groups excluding carboxylic acids is 1. The number of aryl methyl sites for hydroxylation is 1. The van der Waals surface area contributed by atoms with E-state index in [2.05, 4.69) is 9.88 Å². The van der Waals surface area contributed by atoms with Crippen LogP contribution in [0.1, 0.15) is 15.9 Å². The first-order valence-electron chi connectivity index (χ1n) is 10.4. The van der Waals surface area contributed by atoms with E-state index in [0.29, 0.717) is 22.3 Å². The average molecular weight is 455 g/mol. The maximum absolute atomic E-state index is 13.7. The second kappa shape index (κ2) is 8.59. The van der Waals surface area contributed by atoms with Crippen molar-refractivity contribution in [1.82, 2.24) is 14.9 Å². The number of morpholine rings is 1. The number of amides is 1. The van der Waals surface area contributed by atoms with Gasteiger partial charge in [0.15, 0.2) is 5.13 Å². The fraction of sp³-hybridized carbons (Fsp3) is 0.304. The van der Waals surface area contributed by atoms with E-state index in [1.165, 1.54) is 11.3 Å². The lowest BCUT2D eigenvalue weighted by atomic mass is 10.1. The van der Waals surface area contributed by atoms with Crippen LogP contribution in [0.15, 0.2) is 42.6 Å². The van der Waals surface area contributed by atoms with Gasteiger partial charge >= 0.3 is 0 Å². The Labute approximate surface area is 189 Å². The number of hydrogen-bond donors (Lipinski definition) is 1. The van der Waals surface area contributed by atoms with Crippen molar-refractivity contribution >= 4 is 55.1 Å². The number of aromatic amines is 1. The summed E-state index contributed by atoms with van der Waals surface area (Å²) in [5.41, 5.74) is 3.51. The third-order valence-corrected chi connectivity index (χ3v) is 7.26. The molecule has 0 spiro atoms. The number of nitrogens with one attached hydrogen (secondary N) is 1. The first-order valence-corrected chi connectivity index (χ1v) is 11.5. The summed E-state index contributed by atoms with van der Waals surface area (Å²) in [6, 6.07) is 11.7. The van der Waals surface area contributed by atoms with Crippen molar-refractivity contribution in [3.05, 3.63) is 58.7 Å². The van der Waals surface area contributed by atoms with Crippen LogP contribution < -0.4 is 4.90 Å². The predicted octanol–water partition coefficient (Wildman–Crippen LogP) is 4.72. The number of aromatic nitrogens is 2. The summed E-state index contributed by atoms with van der Waals surface area (Å²) in [6.45, 7) is 6.54. The van der Waals surface area contributed by atoms with Gasteiger partial charge in [-0.15, -0.1) is 0 Å². The molecule has 1 N–H and O–H groups in total. The molecule has 160 valence electrons. The van der Waals surface area contributed by atoms with Crippen molar-refractivity contribution in [2.24, 2.45) is 0 Å². The van der Waals surface area contributed by atoms with Gasteiger partial charge < -0.3 is 9.72 Å². The minimum atomic E-state index is -0.0569. The first kappa shape index (κ1) is 20.5. The number of fused-ring (bicyclic) bond motifs is 2. The smallest absolute Gasteiger partial charge is 0.262 e. The number of thiazole rings is 1.